The van der Waals surface area contributed by atoms with E-state index in [4.69, 9.17) is 9.88 Å². The highest BCUT2D eigenvalue weighted by Crippen LogP contribution is 2.19. The van der Waals surface area contributed by atoms with Crippen molar-refractivity contribution >= 4 is 15.9 Å². The molecule has 2 aromatic rings. The van der Waals surface area contributed by atoms with Crippen LogP contribution in [-0.2, 0) is 21.2 Å². The molecule has 1 unspecified atom stereocenters. The van der Waals surface area contributed by atoms with Gasteiger partial charge >= 0.3 is 0 Å². The molecule has 0 saturated carbocycles. The van der Waals surface area contributed by atoms with E-state index < -0.39 is 21.9 Å². The molecule has 0 radical (unpaired) electrons. The molecule has 0 spiro atoms. The Kier molecular flexibility index (Phi) is 6.33. The average molecular weight is 380 g/mol. The first-order chi connectivity index (χ1) is 12.2. The van der Waals surface area contributed by atoms with Crippen molar-refractivity contribution in [1.29, 1.82) is 0 Å². The monoisotopic (exact) mass is 380 g/mol. The zero-order valence-corrected chi connectivity index (χ0v) is 15.3. The maximum absolute atomic E-state index is 13.7. The van der Waals surface area contributed by atoms with Gasteiger partial charge in [-0.25, -0.2) is 17.9 Å². The molecule has 0 aromatic heterocycles. The number of carbonyl (C=O) groups excluding carboxylic acids is 1. The Morgan fingerprint density at radius 3 is 2.62 bits per heavy atom. The number of hydrogen-bond donors (Lipinski definition) is 2. The molecule has 0 saturated heterocycles. The number of nitrogens with one attached hydrogen (secondary N) is 1. The van der Waals surface area contributed by atoms with Crippen molar-refractivity contribution in [3.63, 3.8) is 0 Å². The molecule has 6 nitrogen and oxygen atoms in total. The number of carbonyl (C=O) groups is 1. The highest BCUT2D eigenvalue weighted by Gasteiger charge is 2.14. The second-order valence-electron chi connectivity index (χ2n) is 5.88. The van der Waals surface area contributed by atoms with Crippen molar-refractivity contribution in [2.75, 3.05) is 7.11 Å². The van der Waals surface area contributed by atoms with Crippen LogP contribution in [0.4, 0.5) is 4.39 Å². The average Bonchev–Trinajstić information content (AvgIpc) is 2.59. The van der Waals surface area contributed by atoms with Crippen molar-refractivity contribution in [3.8, 4) is 5.75 Å². The minimum Gasteiger partial charge on any atom is -0.494 e. The van der Waals surface area contributed by atoms with Crippen LogP contribution in [0, 0.1) is 5.82 Å². The first-order valence-corrected chi connectivity index (χ1v) is 9.50. The Labute approximate surface area is 152 Å². The molecule has 140 valence electrons. The smallest absolute Gasteiger partial charge is 0.238 e. The summed E-state index contributed by atoms with van der Waals surface area (Å²) in [5.41, 5.74) is 1.31. The standard InChI is InChI=1S/C18H21FN2O4S/c1-12(14-4-3-5-15(11-14)26(20,23)24)21-18(22)9-7-13-6-8-17(25-2)16(19)10-13/h3-6,8,10-12H,7,9H2,1-2H3,(H,21,22)(H2,20,23,24). The van der Waals surface area contributed by atoms with E-state index in [-0.39, 0.29) is 23.0 Å². The number of benzene rings is 2. The lowest BCUT2D eigenvalue weighted by Gasteiger charge is -2.15. The number of sulfonamides is 1. The number of amides is 1. The highest BCUT2D eigenvalue weighted by molar-refractivity contribution is 7.89. The highest BCUT2D eigenvalue weighted by atomic mass is 32.2. The third-order valence-corrected chi connectivity index (χ3v) is 4.83. The molecule has 3 N–H and O–H groups in total. The van der Waals surface area contributed by atoms with Gasteiger partial charge in [0.25, 0.3) is 0 Å². The molecule has 2 aromatic carbocycles. The SMILES string of the molecule is COc1ccc(CCC(=O)NC(C)c2cccc(S(N)(=O)=O)c2)cc1F. The molecule has 0 bridgehead atoms. The van der Waals surface area contributed by atoms with Crippen LogP contribution < -0.4 is 15.2 Å². The fourth-order valence-corrected chi connectivity index (χ4v) is 3.05. The van der Waals surface area contributed by atoms with Crippen LogP contribution in [0.15, 0.2) is 47.4 Å². The minimum atomic E-state index is -3.80. The van der Waals surface area contributed by atoms with E-state index in [9.17, 15) is 17.6 Å². The second kappa shape index (κ2) is 8.29. The quantitative estimate of drug-likeness (QED) is 0.770. The van der Waals surface area contributed by atoms with E-state index in [2.05, 4.69) is 5.32 Å². The van der Waals surface area contributed by atoms with Crippen LogP contribution in [0.5, 0.6) is 5.75 Å². The Balaban J connectivity index is 1.96. The Hall–Kier alpha value is -2.45. The maximum atomic E-state index is 13.7. The van der Waals surface area contributed by atoms with Crippen molar-refractivity contribution in [1.82, 2.24) is 5.32 Å². The van der Waals surface area contributed by atoms with Crippen LogP contribution in [0.3, 0.4) is 0 Å². The molecule has 8 heteroatoms. The summed E-state index contributed by atoms with van der Waals surface area (Å²) in [6.45, 7) is 1.74. The largest absolute Gasteiger partial charge is 0.494 e. The van der Waals surface area contributed by atoms with Gasteiger partial charge in [-0.2, -0.15) is 0 Å². The molecule has 0 aliphatic carbocycles. The van der Waals surface area contributed by atoms with E-state index in [0.717, 1.165) is 0 Å². The zero-order chi connectivity index (χ0) is 19.3. The van der Waals surface area contributed by atoms with Crippen LogP contribution >= 0.6 is 0 Å². The molecule has 0 aliphatic heterocycles. The van der Waals surface area contributed by atoms with E-state index in [0.29, 0.717) is 17.5 Å². The van der Waals surface area contributed by atoms with Gasteiger partial charge in [0, 0.05) is 6.42 Å². The van der Waals surface area contributed by atoms with Gasteiger partial charge in [-0.15, -0.1) is 0 Å². The molecular formula is C18H21FN2O4S. The van der Waals surface area contributed by atoms with E-state index >= 15 is 0 Å². The molecule has 2 rings (SSSR count). The maximum Gasteiger partial charge on any atom is 0.238 e. The summed E-state index contributed by atoms with van der Waals surface area (Å²) >= 11 is 0. The van der Waals surface area contributed by atoms with Gasteiger partial charge in [0.2, 0.25) is 15.9 Å². The molecule has 1 amide bonds. The van der Waals surface area contributed by atoms with Gasteiger partial charge in [-0.05, 0) is 48.7 Å². The summed E-state index contributed by atoms with van der Waals surface area (Å²) in [4.78, 5) is 12.1. The fraction of sp³-hybridized carbons (Fsp3) is 0.278. The van der Waals surface area contributed by atoms with E-state index in [1.807, 2.05) is 0 Å². The zero-order valence-electron chi connectivity index (χ0n) is 14.5. The normalized spacial score (nSPS) is 12.5. The number of rotatable bonds is 7. The van der Waals surface area contributed by atoms with Crippen LogP contribution in [0.1, 0.15) is 30.5 Å². The second-order valence-corrected chi connectivity index (χ2v) is 7.44. The molecule has 26 heavy (non-hydrogen) atoms. The number of ether oxygens (including phenoxy) is 1. The van der Waals surface area contributed by atoms with Crippen LogP contribution in [0.2, 0.25) is 0 Å². The Morgan fingerprint density at radius 2 is 2.00 bits per heavy atom. The van der Waals surface area contributed by atoms with Gasteiger partial charge in [0.05, 0.1) is 18.0 Å². The van der Waals surface area contributed by atoms with Crippen molar-refractivity contribution in [2.24, 2.45) is 5.14 Å². The van der Waals surface area contributed by atoms with Crippen LogP contribution in [-0.4, -0.2) is 21.4 Å². The van der Waals surface area contributed by atoms with Crippen molar-refractivity contribution in [2.45, 2.75) is 30.7 Å². The molecule has 0 heterocycles. The number of primary sulfonamides is 1. The van der Waals surface area contributed by atoms with Gasteiger partial charge < -0.3 is 10.1 Å². The van der Waals surface area contributed by atoms with Gasteiger partial charge in [0.15, 0.2) is 11.6 Å². The third kappa shape index (κ3) is 5.27. The van der Waals surface area contributed by atoms with Crippen LogP contribution in [0.25, 0.3) is 0 Å². The Morgan fingerprint density at radius 1 is 1.27 bits per heavy atom. The minimum absolute atomic E-state index is 0.00944. The van der Waals surface area contributed by atoms with E-state index in [1.54, 1.807) is 25.1 Å². The summed E-state index contributed by atoms with van der Waals surface area (Å²) in [5.74, 6) is -0.546. The predicted molar refractivity (Wildman–Crippen MR) is 95.6 cm³/mol. The summed E-state index contributed by atoms with van der Waals surface area (Å²) in [6.07, 6.45) is 0.543. The number of nitrogens with two attached hydrogens (primary N) is 1. The summed E-state index contributed by atoms with van der Waals surface area (Å²) in [6, 6.07) is 10.3. The molecular weight excluding hydrogens is 359 g/mol. The number of hydrogen-bond acceptors (Lipinski definition) is 4. The van der Waals surface area contributed by atoms with E-state index in [1.165, 1.54) is 31.4 Å². The summed E-state index contributed by atoms with van der Waals surface area (Å²) in [7, 11) is -2.42. The number of aryl methyl sites for hydroxylation is 1. The molecule has 0 aliphatic rings. The lowest BCUT2D eigenvalue weighted by atomic mass is 10.1. The fourth-order valence-electron chi connectivity index (χ4n) is 2.48. The van der Waals surface area contributed by atoms with Gasteiger partial charge in [0.1, 0.15) is 0 Å². The predicted octanol–water partition coefficient (Wildman–Crippen LogP) is 2.29. The number of halogens is 1. The molecule has 1 atom stereocenters. The van der Waals surface area contributed by atoms with Gasteiger partial charge in [-0.3, -0.25) is 4.79 Å². The van der Waals surface area contributed by atoms with Crippen molar-refractivity contribution in [3.05, 3.63) is 59.4 Å². The van der Waals surface area contributed by atoms with Crippen molar-refractivity contribution < 1.29 is 22.3 Å². The Bertz CT molecular complexity index is 900. The molecule has 0 fully saturated rings. The lowest BCUT2D eigenvalue weighted by Crippen LogP contribution is -2.27. The lowest BCUT2D eigenvalue weighted by molar-refractivity contribution is -0.121. The first kappa shape index (κ1) is 19.9. The third-order valence-electron chi connectivity index (χ3n) is 3.92. The summed E-state index contributed by atoms with van der Waals surface area (Å²) in [5, 5.41) is 7.91. The number of methoxy groups -OCH3 is 1. The first-order valence-electron chi connectivity index (χ1n) is 7.95. The van der Waals surface area contributed by atoms with Gasteiger partial charge in [-0.1, -0.05) is 18.2 Å². The summed E-state index contributed by atoms with van der Waals surface area (Å²) < 4.78 is 41.3. The topological polar surface area (TPSA) is 98.5 Å².